The first-order chi connectivity index (χ1) is 10.2. The van der Waals surface area contributed by atoms with Crippen molar-refractivity contribution in [1.29, 1.82) is 0 Å². The molecule has 0 aliphatic rings. The van der Waals surface area contributed by atoms with Crippen LogP contribution in [0.2, 0.25) is 0 Å². The molecule has 2 aromatic carbocycles. The van der Waals surface area contributed by atoms with Gasteiger partial charge >= 0.3 is 0 Å². The van der Waals surface area contributed by atoms with Crippen molar-refractivity contribution >= 4 is 5.91 Å². The predicted molar refractivity (Wildman–Crippen MR) is 86.0 cm³/mol. The average Bonchev–Trinajstić information content (AvgIpc) is 2.50. The summed E-state index contributed by atoms with van der Waals surface area (Å²) >= 11 is 0. The van der Waals surface area contributed by atoms with Gasteiger partial charge in [0.2, 0.25) is 5.91 Å². The predicted octanol–water partition coefficient (Wildman–Crippen LogP) is 2.48. The Bertz CT molecular complexity index is 554. The van der Waals surface area contributed by atoms with E-state index in [0.717, 1.165) is 12.0 Å². The maximum Gasteiger partial charge on any atom is 0.229 e. The molecule has 2 unspecified atom stereocenters. The smallest absolute Gasteiger partial charge is 0.229 e. The van der Waals surface area contributed by atoms with Crippen molar-refractivity contribution in [3.63, 3.8) is 0 Å². The molecule has 0 fully saturated rings. The Morgan fingerprint density at radius 2 is 1.62 bits per heavy atom. The van der Waals surface area contributed by atoms with Crippen molar-refractivity contribution < 1.29 is 4.79 Å². The van der Waals surface area contributed by atoms with Crippen molar-refractivity contribution in [3.05, 3.63) is 71.8 Å². The molecule has 0 aliphatic heterocycles. The molecule has 2 rings (SSSR count). The zero-order valence-electron chi connectivity index (χ0n) is 12.3. The molecule has 0 saturated heterocycles. The van der Waals surface area contributed by atoms with Gasteiger partial charge in [0.15, 0.2) is 0 Å². The molecule has 0 radical (unpaired) electrons. The van der Waals surface area contributed by atoms with E-state index in [1.165, 1.54) is 5.56 Å². The van der Waals surface area contributed by atoms with Crippen molar-refractivity contribution in [1.82, 2.24) is 5.32 Å². The van der Waals surface area contributed by atoms with E-state index in [4.69, 9.17) is 5.73 Å². The van der Waals surface area contributed by atoms with E-state index < -0.39 is 0 Å². The first kappa shape index (κ1) is 15.3. The highest BCUT2D eigenvalue weighted by Crippen LogP contribution is 2.14. The van der Waals surface area contributed by atoms with Gasteiger partial charge in [0, 0.05) is 12.6 Å². The molecule has 1 amide bonds. The molecule has 0 aromatic heterocycles. The van der Waals surface area contributed by atoms with Crippen molar-refractivity contribution in [3.8, 4) is 0 Å². The van der Waals surface area contributed by atoms with Crippen LogP contribution in [0.15, 0.2) is 60.7 Å². The molecule has 3 heteroatoms. The lowest BCUT2D eigenvalue weighted by Gasteiger charge is -2.19. The van der Waals surface area contributed by atoms with Crippen LogP contribution >= 0.6 is 0 Å². The number of hydrogen-bond donors (Lipinski definition) is 2. The molecular weight excluding hydrogens is 260 g/mol. The van der Waals surface area contributed by atoms with E-state index in [0.29, 0.717) is 6.54 Å². The number of nitrogens with one attached hydrogen (secondary N) is 1. The Morgan fingerprint density at radius 1 is 1.05 bits per heavy atom. The summed E-state index contributed by atoms with van der Waals surface area (Å²) in [5, 5.41) is 3.06. The van der Waals surface area contributed by atoms with Gasteiger partial charge in [-0.3, -0.25) is 4.79 Å². The second kappa shape index (κ2) is 7.60. The summed E-state index contributed by atoms with van der Waals surface area (Å²) in [6.07, 6.45) is 0.818. The first-order valence-corrected chi connectivity index (χ1v) is 7.30. The van der Waals surface area contributed by atoms with E-state index in [9.17, 15) is 4.79 Å². The summed E-state index contributed by atoms with van der Waals surface area (Å²) in [5.74, 6) is -0.295. The quantitative estimate of drug-likeness (QED) is 0.855. The van der Waals surface area contributed by atoms with Gasteiger partial charge in [0.05, 0.1) is 5.92 Å². The summed E-state index contributed by atoms with van der Waals surface area (Å²) in [7, 11) is 0. The number of hydrogen-bond acceptors (Lipinski definition) is 2. The molecule has 110 valence electrons. The molecule has 0 spiro atoms. The van der Waals surface area contributed by atoms with E-state index in [-0.39, 0.29) is 17.9 Å². The van der Waals surface area contributed by atoms with Crippen LogP contribution in [0, 0.1) is 0 Å². The molecule has 3 N–H and O–H groups in total. The maximum absolute atomic E-state index is 12.4. The molecule has 3 nitrogen and oxygen atoms in total. The molecule has 0 aliphatic carbocycles. The van der Waals surface area contributed by atoms with Crippen LogP contribution in [-0.4, -0.2) is 18.5 Å². The standard InChI is InChI=1S/C18H22N2O/c1-14(12-15-8-4-2-5-9-15)20-18(21)17(13-19)16-10-6-3-7-11-16/h2-11,14,17H,12-13,19H2,1H3,(H,20,21). The second-order valence-corrected chi connectivity index (χ2v) is 5.30. The van der Waals surface area contributed by atoms with Gasteiger partial charge in [-0.25, -0.2) is 0 Å². The number of carbonyl (C=O) groups excluding carboxylic acids is 1. The normalized spacial score (nSPS) is 13.4. The number of carbonyl (C=O) groups is 1. The van der Waals surface area contributed by atoms with Gasteiger partial charge in [0.25, 0.3) is 0 Å². The number of rotatable bonds is 6. The highest BCUT2D eigenvalue weighted by Gasteiger charge is 2.20. The molecule has 0 bridgehead atoms. The van der Waals surface area contributed by atoms with Gasteiger partial charge in [0.1, 0.15) is 0 Å². The summed E-state index contributed by atoms with van der Waals surface area (Å²) < 4.78 is 0. The van der Waals surface area contributed by atoms with Gasteiger partial charge in [-0.2, -0.15) is 0 Å². The first-order valence-electron chi connectivity index (χ1n) is 7.30. The summed E-state index contributed by atoms with van der Waals surface area (Å²) in [6.45, 7) is 2.33. The third kappa shape index (κ3) is 4.43. The number of amides is 1. The average molecular weight is 282 g/mol. The Hall–Kier alpha value is -2.13. The third-order valence-electron chi connectivity index (χ3n) is 3.53. The fraction of sp³-hybridized carbons (Fsp3) is 0.278. The molecule has 2 aromatic rings. The molecule has 2 atom stereocenters. The Balaban J connectivity index is 1.96. The van der Waals surface area contributed by atoms with E-state index >= 15 is 0 Å². The van der Waals surface area contributed by atoms with E-state index in [1.807, 2.05) is 55.5 Å². The largest absolute Gasteiger partial charge is 0.353 e. The second-order valence-electron chi connectivity index (χ2n) is 5.30. The molecule has 0 heterocycles. The fourth-order valence-corrected chi connectivity index (χ4v) is 2.44. The summed E-state index contributed by atoms with van der Waals surface area (Å²) in [6, 6.07) is 19.9. The minimum atomic E-state index is -0.288. The number of nitrogens with two attached hydrogens (primary N) is 1. The molecular formula is C18H22N2O. The summed E-state index contributed by atoms with van der Waals surface area (Å²) in [4.78, 5) is 12.4. The minimum absolute atomic E-state index is 0.00729. The maximum atomic E-state index is 12.4. The van der Waals surface area contributed by atoms with Crippen molar-refractivity contribution in [2.24, 2.45) is 5.73 Å². The van der Waals surface area contributed by atoms with Crippen LogP contribution in [0.25, 0.3) is 0 Å². The zero-order valence-corrected chi connectivity index (χ0v) is 12.3. The number of benzene rings is 2. The highest BCUT2D eigenvalue weighted by atomic mass is 16.1. The lowest BCUT2D eigenvalue weighted by atomic mass is 9.97. The van der Waals surface area contributed by atoms with Crippen LogP contribution in [0.4, 0.5) is 0 Å². The third-order valence-corrected chi connectivity index (χ3v) is 3.53. The SMILES string of the molecule is CC(Cc1ccccc1)NC(=O)C(CN)c1ccccc1. The monoisotopic (exact) mass is 282 g/mol. The van der Waals surface area contributed by atoms with Crippen LogP contribution in [-0.2, 0) is 11.2 Å². The topological polar surface area (TPSA) is 55.1 Å². The van der Waals surface area contributed by atoms with Crippen LogP contribution in [0.5, 0.6) is 0 Å². The van der Waals surface area contributed by atoms with Gasteiger partial charge in [-0.05, 0) is 24.5 Å². The van der Waals surface area contributed by atoms with Gasteiger partial charge in [-0.1, -0.05) is 60.7 Å². The van der Waals surface area contributed by atoms with Gasteiger partial charge in [-0.15, -0.1) is 0 Å². The van der Waals surface area contributed by atoms with Crippen LogP contribution < -0.4 is 11.1 Å². The zero-order chi connectivity index (χ0) is 15.1. The lowest BCUT2D eigenvalue weighted by molar-refractivity contribution is -0.122. The molecule has 21 heavy (non-hydrogen) atoms. The fourth-order valence-electron chi connectivity index (χ4n) is 2.44. The Kier molecular flexibility index (Phi) is 5.52. The Morgan fingerprint density at radius 3 is 2.19 bits per heavy atom. The highest BCUT2D eigenvalue weighted by molar-refractivity contribution is 5.84. The van der Waals surface area contributed by atoms with E-state index in [1.54, 1.807) is 0 Å². The van der Waals surface area contributed by atoms with Crippen LogP contribution in [0.1, 0.15) is 24.0 Å². The van der Waals surface area contributed by atoms with Crippen LogP contribution in [0.3, 0.4) is 0 Å². The Labute approximate surface area is 126 Å². The van der Waals surface area contributed by atoms with E-state index in [2.05, 4.69) is 17.4 Å². The minimum Gasteiger partial charge on any atom is -0.353 e. The van der Waals surface area contributed by atoms with Crippen molar-refractivity contribution in [2.75, 3.05) is 6.54 Å². The molecule has 0 saturated carbocycles. The van der Waals surface area contributed by atoms with Gasteiger partial charge < -0.3 is 11.1 Å². The summed E-state index contributed by atoms with van der Waals surface area (Å²) in [5.41, 5.74) is 7.95. The van der Waals surface area contributed by atoms with Crippen molar-refractivity contribution in [2.45, 2.75) is 25.3 Å². The lowest BCUT2D eigenvalue weighted by Crippen LogP contribution is -2.39.